The van der Waals surface area contributed by atoms with Crippen molar-refractivity contribution in [3.05, 3.63) is 89.5 Å². The summed E-state index contributed by atoms with van der Waals surface area (Å²) in [7, 11) is 4.15. The zero-order valence-corrected chi connectivity index (χ0v) is 22.1. The molecule has 0 unspecified atom stereocenters. The van der Waals surface area contributed by atoms with Crippen LogP contribution in [0.1, 0.15) is 23.1 Å². The zero-order valence-electron chi connectivity index (χ0n) is 22.1. The van der Waals surface area contributed by atoms with Crippen LogP contribution in [0.3, 0.4) is 0 Å². The summed E-state index contributed by atoms with van der Waals surface area (Å²) in [6.45, 7) is 0. The van der Waals surface area contributed by atoms with Crippen LogP contribution >= 0.6 is 0 Å². The van der Waals surface area contributed by atoms with Gasteiger partial charge in [-0.15, -0.1) is 0 Å². The van der Waals surface area contributed by atoms with Gasteiger partial charge in [0.25, 0.3) is 0 Å². The molecule has 0 aliphatic rings. The van der Waals surface area contributed by atoms with E-state index in [-0.39, 0.29) is 40.1 Å². The molecule has 3 N–H and O–H groups in total. The van der Waals surface area contributed by atoms with E-state index in [1.54, 1.807) is 12.1 Å². The number of benzene rings is 3. The summed E-state index contributed by atoms with van der Waals surface area (Å²) < 4.78 is 15.3. The molecule has 206 valence electrons. The minimum absolute atomic E-state index is 0.0228. The standard InChI is InChI=1S/C31H28O9/c1-38-29-14-19(6-11-26(29)35)4-9-22(32)17-23(33)18-24(21-8-13-28(37)31(16-21)40-3)25(34)10-5-20-7-12-27(36)30(15-20)39-2/h4-16,18,35-37H,17H2,1-3H3/b9-4+,10-5+,24-18+. The minimum atomic E-state index is -0.618. The van der Waals surface area contributed by atoms with Gasteiger partial charge >= 0.3 is 0 Å². The lowest BCUT2D eigenvalue weighted by Gasteiger charge is -2.09. The summed E-state index contributed by atoms with van der Waals surface area (Å²) in [6, 6.07) is 13.2. The number of phenols is 3. The smallest absolute Gasteiger partial charge is 0.186 e. The topological polar surface area (TPSA) is 140 Å². The first-order valence-electron chi connectivity index (χ1n) is 11.9. The largest absolute Gasteiger partial charge is 0.504 e. The average molecular weight is 545 g/mol. The Morgan fingerprint density at radius 3 is 1.65 bits per heavy atom. The van der Waals surface area contributed by atoms with Crippen LogP contribution < -0.4 is 14.2 Å². The SMILES string of the molecule is COc1cc(/C=C/C(=O)CC(=O)/C=C(/C(=O)/C=C/c2ccc(O)c(OC)c2)c2ccc(O)c(OC)c2)ccc1O. The predicted molar refractivity (Wildman–Crippen MR) is 150 cm³/mol. The normalized spacial score (nSPS) is 11.5. The van der Waals surface area contributed by atoms with E-state index in [1.165, 1.54) is 88.1 Å². The first-order valence-corrected chi connectivity index (χ1v) is 11.9. The zero-order chi connectivity index (χ0) is 29.2. The summed E-state index contributed by atoms with van der Waals surface area (Å²) in [5.74, 6) is -1.37. The fourth-order valence-corrected chi connectivity index (χ4v) is 3.63. The van der Waals surface area contributed by atoms with E-state index in [0.29, 0.717) is 16.7 Å². The van der Waals surface area contributed by atoms with Crippen molar-refractivity contribution in [2.75, 3.05) is 21.3 Å². The molecule has 3 rings (SSSR count). The second kappa shape index (κ2) is 13.5. The number of aromatic hydroxyl groups is 3. The van der Waals surface area contributed by atoms with Crippen LogP contribution in [-0.2, 0) is 14.4 Å². The number of carbonyl (C=O) groups is 3. The van der Waals surface area contributed by atoms with Gasteiger partial charge in [-0.1, -0.05) is 30.4 Å². The van der Waals surface area contributed by atoms with E-state index in [1.807, 2.05) is 0 Å². The Bertz CT molecular complexity index is 1510. The summed E-state index contributed by atoms with van der Waals surface area (Å²) >= 11 is 0. The van der Waals surface area contributed by atoms with Crippen LogP contribution in [0.15, 0.2) is 72.8 Å². The first kappa shape index (κ1) is 29.2. The molecule has 0 amide bonds. The van der Waals surface area contributed by atoms with Gasteiger partial charge in [0, 0.05) is 5.57 Å². The molecule has 3 aromatic carbocycles. The molecular weight excluding hydrogens is 516 g/mol. The van der Waals surface area contributed by atoms with Gasteiger partial charge in [-0.2, -0.15) is 0 Å². The minimum Gasteiger partial charge on any atom is -0.504 e. The van der Waals surface area contributed by atoms with Gasteiger partial charge in [0.1, 0.15) is 0 Å². The number of phenolic OH excluding ortho intramolecular Hbond substituents is 3. The van der Waals surface area contributed by atoms with Gasteiger partial charge in [-0.3, -0.25) is 14.4 Å². The maximum absolute atomic E-state index is 13.2. The Hall–Kier alpha value is -5.31. The molecule has 0 aliphatic carbocycles. The Morgan fingerprint density at radius 1 is 0.650 bits per heavy atom. The van der Waals surface area contributed by atoms with Crippen molar-refractivity contribution in [1.29, 1.82) is 0 Å². The van der Waals surface area contributed by atoms with E-state index in [0.717, 1.165) is 6.08 Å². The van der Waals surface area contributed by atoms with E-state index in [2.05, 4.69) is 0 Å². The van der Waals surface area contributed by atoms with Crippen LogP contribution in [0.2, 0.25) is 0 Å². The maximum Gasteiger partial charge on any atom is 0.186 e. The first-order chi connectivity index (χ1) is 19.1. The number of ether oxygens (including phenoxy) is 3. The van der Waals surface area contributed by atoms with E-state index in [4.69, 9.17) is 14.2 Å². The molecule has 40 heavy (non-hydrogen) atoms. The quantitative estimate of drug-likeness (QED) is 0.218. The monoisotopic (exact) mass is 544 g/mol. The fraction of sp³-hybridized carbons (Fsp3) is 0.129. The van der Waals surface area contributed by atoms with Gasteiger partial charge in [0.05, 0.1) is 27.8 Å². The van der Waals surface area contributed by atoms with Crippen molar-refractivity contribution in [3.8, 4) is 34.5 Å². The van der Waals surface area contributed by atoms with Gasteiger partial charge in [-0.05, 0) is 71.3 Å². The molecule has 0 bridgehead atoms. The van der Waals surface area contributed by atoms with Gasteiger partial charge in [0.2, 0.25) is 0 Å². The van der Waals surface area contributed by atoms with Crippen molar-refractivity contribution < 1.29 is 43.9 Å². The molecule has 0 saturated heterocycles. The number of allylic oxidation sites excluding steroid dienone is 4. The average Bonchev–Trinajstić information content (AvgIpc) is 2.95. The summed E-state index contributed by atoms with van der Waals surface area (Å²) in [5, 5.41) is 29.5. The highest BCUT2D eigenvalue weighted by Crippen LogP contribution is 2.31. The molecule has 0 radical (unpaired) electrons. The van der Waals surface area contributed by atoms with Crippen molar-refractivity contribution in [3.63, 3.8) is 0 Å². The lowest BCUT2D eigenvalue weighted by Crippen LogP contribution is -2.06. The van der Waals surface area contributed by atoms with E-state index < -0.39 is 23.8 Å². The van der Waals surface area contributed by atoms with Crippen molar-refractivity contribution in [2.24, 2.45) is 0 Å². The Morgan fingerprint density at radius 2 is 1.12 bits per heavy atom. The lowest BCUT2D eigenvalue weighted by molar-refractivity contribution is -0.122. The molecule has 0 aliphatic heterocycles. The highest BCUT2D eigenvalue weighted by atomic mass is 16.5. The maximum atomic E-state index is 13.2. The molecule has 9 nitrogen and oxygen atoms in total. The Kier molecular flexibility index (Phi) is 9.85. The van der Waals surface area contributed by atoms with Gasteiger partial charge in [0.15, 0.2) is 51.8 Å². The Labute approximate surface area is 230 Å². The number of ketones is 3. The molecule has 9 heteroatoms. The third-order valence-electron chi connectivity index (χ3n) is 5.71. The number of methoxy groups -OCH3 is 3. The summed E-state index contributed by atoms with van der Waals surface area (Å²) in [4.78, 5) is 38.5. The Balaban J connectivity index is 1.87. The molecule has 0 spiro atoms. The van der Waals surface area contributed by atoms with Crippen molar-refractivity contribution >= 4 is 35.1 Å². The molecule has 0 atom stereocenters. The highest BCUT2D eigenvalue weighted by molar-refractivity contribution is 6.31. The summed E-state index contributed by atoms with van der Waals surface area (Å²) in [6.07, 6.45) is 6.00. The molecule has 0 heterocycles. The number of carbonyl (C=O) groups excluding carboxylic acids is 3. The second-order valence-corrected chi connectivity index (χ2v) is 8.45. The van der Waals surface area contributed by atoms with Gasteiger partial charge in [-0.25, -0.2) is 0 Å². The summed E-state index contributed by atoms with van der Waals surface area (Å²) in [5.41, 5.74) is 1.41. The highest BCUT2D eigenvalue weighted by Gasteiger charge is 2.16. The molecule has 0 saturated carbocycles. The predicted octanol–water partition coefficient (Wildman–Crippen LogP) is 4.74. The molecular formula is C31H28O9. The van der Waals surface area contributed by atoms with Crippen molar-refractivity contribution in [1.82, 2.24) is 0 Å². The van der Waals surface area contributed by atoms with Crippen molar-refractivity contribution in [2.45, 2.75) is 6.42 Å². The molecule has 0 fully saturated rings. The van der Waals surface area contributed by atoms with Crippen LogP contribution in [-0.4, -0.2) is 54.0 Å². The van der Waals surface area contributed by atoms with Crippen LogP contribution in [0.25, 0.3) is 17.7 Å². The number of hydrogen-bond acceptors (Lipinski definition) is 9. The molecule has 0 aromatic heterocycles. The van der Waals surface area contributed by atoms with Crippen LogP contribution in [0.4, 0.5) is 0 Å². The van der Waals surface area contributed by atoms with Crippen LogP contribution in [0, 0.1) is 0 Å². The van der Waals surface area contributed by atoms with E-state index in [9.17, 15) is 29.7 Å². The van der Waals surface area contributed by atoms with Crippen LogP contribution in [0.5, 0.6) is 34.5 Å². The lowest BCUT2D eigenvalue weighted by atomic mass is 9.97. The van der Waals surface area contributed by atoms with E-state index >= 15 is 0 Å². The molecule has 3 aromatic rings. The van der Waals surface area contributed by atoms with Gasteiger partial charge < -0.3 is 29.5 Å². The third kappa shape index (κ3) is 7.61. The number of rotatable bonds is 12. The number of hydrogen-bond donors (Lipinski definition) is 3. The second-order valence-electron chi connectivity index (χ2n) is 8.45. The third-order valence-corrected chi connectivity index (χ3v) is 5.71. The fourth-order valence-electron chi connectivity index (χ4n) is 3.63.